The third kappa shape index (κ3) is 3.51. The van der Waals surface area contributed by atoms with Gasteiger partial charge in [-0.25, -0.2) is 0 Å². The van der Waals surface area contributed by atoms with Crippen LogP contribution in [-0.2, 0) is 16.1 Å². The van der Waals surface area contributed by atoms with E-state index < -0.39 is 0 Å². The van der Waals surface area contributed by atoms with Crippen LogP contribution < -0.4 is 10.1 Å². The summed E-state index contributed by atoms with van der Waals surface area (Å²) in [6, 6.07) is 7.73. The molecule has 0 amide bonds. The Morgan fingerprint density at radius 3 is 3.00 bits per heavy atom. The molecule has 0 saturated heterocycles. The molecular formula is C15H19NO4. The number of furan rings is 1. The van der Waals surface area contributed by atoms with Crippen molar-refractivity contribution in [1.29, 1.82) is 0 Å². The fourth-order valence-electron chi connectivity index (χ4n) is 1.97. The number of hydrogen-bond acceptors (Lipinski definition) is 5. The van der Waals surface area contributed by atoms with Crippen LogP contribution in [0.3, 0.4) is 0 Å². The number of rotatable bonds is 7. The first-order valence-corrected chi connectivity index (χ1v) is 6.66. The van der Waals surface area contributed by atoms with Crippen molar-refractivity contribution in [2.45, 2.75) is 19.9 Å². The van der Waals surface area contributed by atoms with Gasteiger partial charge in [-0.3, -0.25) is 4.79 Å². The Labute approximate surface area is 117 Å². The maximum atomic E-state index is 11.2. The van der Waals surface area contributed by atoms with Gasteiger partial charge in [0.15, 0.2) is 11.3 Å². The summed E-state index contributed by atoms with van der Waals surface area (Å²) in [6.45, 7) is 3.35. The standard InChI is InChI=1S/C15H19NO4/c1-3-19-14(17)7-8-16-10-12-9-11-5-4-6-13(18-2)15(11)20-12/h4-6,9,16H,3,7-8,10H2,1-2H3. The van der Waals surface area contributed by atoms with Gasteiger partial charge in [-0.05, 0) is 19.1 Å². The van der Waals surface area contributed by atoms with Crippen molar-refractivity contribution in [3.05, 3.63) is 30.0 Å². The van der Waals surface area contributed by atoms with Crippen molar-refractivity contribution >= 4 is 16.9 Å². The molecule has 0 spiro atoms. The predicted octanol–water partition coefficient (Wildman–Crippen LogP) is 2.48. The van der Waals surface area contributed by atoms with Gasteiger partial charge in [0.2, 0.25) is 0 Å². The largest absolute Gasteiger partial charge is 0.493 e. The van der Waals surface area contributed by atoms with Gasteiger partial charge in [0, 0.05) is 11.9 Å². The summed E-state index contributed by atoms with van der Waals surface area (Å²) in [7, 11) is 1.62. The summed E-state index contributed by atoms with van der Waals surface area (Å²) in [6.07, 6.45) is 0.359. The summed E-state index contributed by atoms with van der Waals surface area (Å²) < 4.78 is 15.8. The average molecular weight is 277 g/mol. The lowest BCUT2D eigenvalue weighted by Gasteiger charge is -2.02. The van der Waals surface area contributed by atoms with Crippen LogP contribution in [-0.4, -0.2) is 26.2 Å². The number of carbonyl (C=O) groups is 1. The van der Waals surface area contributed by atoms with Gasteiger partial charge in [0.1, 0.15) is 5.76 Å². The van der Waals surface area contributed by atoms with Crippen molar-refractivity contribution < 1.29 is 18.7 Å². The van der Waals surface area contributed by atoms with E-state index in [0.717, 1.165) is 22.5 Å². The van der Waals surface area contributed by atoms with E-state index in [1.54, 1.807) is 14.0 Å². The van der Waals surface area contributed by atoms with Crippen molar-refractivity contribution in [2.24, 2.45) is 0 Å². The third-order valence-electron chi connectivity index (χ3n) is 2.89. The van der Waals surface area contributed by atoms with E-state index in [4.69, 9.17) is 13.9 Å². The molecule has 5 heteroatoms. The summed E-state index contributed by atoms with van der Waals surface area (Å²) in [5.74, 6) is 1.35. The van der Waals surface area contributed by atoms with Crippen LogP contribution in [0.4, 0.5) is 0 Å². The maximum Gasteiger partial charge on any atom is 0.307 e. The van der Waals surface area contributed by atoms with E-state index in [1.165, 1.54) is 0 Å². The van der Waals surface area contributed by atoms with E-state index >= 15 is 0 Å². The highest BCUT2D eigenvalue weighted by Crippen LogP contribution is 2.28. The number of hydrogen-bond donors (Lipinski definition) is 1. The van der Waals surface area contributed by atoms with Crippen molar-refractivity contribution in [1.82, 2.24) is 5.32 Å². The van der Waals surface area contributed by atoms with Crippen molar-refractivity contribution in [2.75, 3.05) is 20.3 Å². The van der Waals surface area contributed by atoms with E-state index in [-0.39, 0.29) is 5.97 Å². The Morgan fingerprint density at radius 1 is 1.40 bits per heavy atom. The SMILES string of the molecule is CCOC(=O)CCNCc1cc2cccc(OC)c2o1. The second-order valence-corrected chi connectivity index (χ2v) is 4.32. The van der Waals surface area contributed by atoms with Crippen LogP contribution in [0.15, 0.2) is 28.7 Å². The first kappa shape index (κ1) is 14.4. The molecular weight excluding hydrogens is 258 g/mol. The molecule has 0 atom stereocenters. The lowest BCUT2D eigenvalue weighted by molar-refractivity contribution is -0.142. The fourth-order valence-corrected chi connectivity index (χ4v) is 1.97. The number of nitrogens with one attached hydrogen (secondary N) is 1. The Morgan fingerprint density at radius 2 is 2.25 bits per heavy atom. The highest BCUT2D eigenvalue weighted by Gasteiger charge is 2.08. The zero-order chi connectivity index (χ0) is 14.4. The molecule has 1 N–H and O–H groups in total. The molecule has 108 valence electrons. The number of methoxy groups -OCH3 is 1. The first-order valence-electron chi connectivity index (χ1n) is 6.66. The highest BCUT2D eigenvalue weighted by molar-refractivity contribution is 5.83. The third-order valence-corrected chi connectivity index (χ3v) is 2.89. The molecule has 0 unspecified atom stereocenters. The normalized spacial score (nSPS) is 10.7. The molecule has 0 bridgehead atoms. The Balaban J connectivity index is 1.89. The van der Waals surface area contributed by atoms with Gasteiger partial charge in [0.05, 0.1) is 26.7 Å². The van der Waals surface area contributed by atoms with Crippen molar-refractivity contribution in [3.8, 4) is 5.75 Å². The summed E-state index contributed by atoms with van der Waals surface area (Å²) >= 11 is 0. The number of carbonyl (C=O) groups excluding carboxylic acids is 1. The summed E-state index contributed by atoms with van der Waals surface area (Å²) in [5, 5.41) is 4.16. The van der Waals surface area contributed by atoms with Crippen LogP contribution >= 0.6 is 0 Å². The predicted molar refractivity (Wildman–Crippen MR) is 75.7 cm³/mol. The second kappa shape index (κ2) is 6.96. The van der Waals surface area contributed by atoms with Crippen LogP contribution in [0.5, 0.6) is 5.75 Å². The zero-order valence-corrected chi connectivity index (χ0v) is 11.8. The molecule has 0 aliphatic carbocycles. The van der Waals surface area contributed by atoms with E-state index in [9.17, 15) is 4.79 Å². The number of esters is 1. The topological polar surface area (TPSA) is 60.7 Å². The molecule has 0 aliphatic rings. The van der Waals surface area contributed by atoms with Gasteiger partial charge in [-0.2, -0.15) is 0 Å². The molecule has 0 fully saturated rings. The second-order valence-electron chi connectivity index (χ2n) is 4.32. The zero-order valence-electron chi connectivity index (χ0n) is 11.8. The molecule has 0 aliphatic heterocycles. The minimum Gasteiger partial charge on any atom is -0.493 e. The van der Waals surface area contributed by atoms with E-state index in [1.807, 2.05) is 24.3 Å². The molecule has 0 radical (unpaired) electrons. The van der Waals surface area contributed by atoms with Crippen LogP contribution in [0.2, 0.25) is 0 Å². The fraction of sp³-hybridized carbons (Fsp3) is 0.400. The number of para-hydroxylation sites is 1. The molecule has 1 aromatic carbocycles. The molecule has 2 rings (SSSR count). The Bertz CT molecular complexity index is 576. The molecule has 20 heavy (non-hydrogen) atoms. The number of benzene rings is 1. The molecule has 2 aromatic rings. The smallest absolute Gasteiger partial charge is 0.307 e. The summed E-state index contributed by atoms with van der Waals surface area (Å²) in [4.78, 5) is 11.2. The van der Waals surface area contributed by atoms with Gasteiger partial charge in [-0.15, -0.1) is 0 Å². The monoisotopic (exact) mass is 277 g/mol. The summed E-state index contributed by atoms with van der Waals surface area (Å²) in [5.41, 5.74) is 0.747. The van der Waals surface area contributed by atoms with E-state index in [0.29, 0.717) is 26.1 Å². The van der Waals surface area contributed by atoms with Gasteiger partial charge in [-0.1, -0.05) is 12.1 Å². The van der Waals surface area contributed by atoms with Gasteiger partial charge in [0.25, 0.3) is 0 Å². The molecule has 1 aromatic heterocycles. The Kier molecular flexibility index (Phi) is 5.01. The quantitative estimate of drug-likeness (QED) is 0.622. The lowest BCUT2D eigenvalue weighted by Crippen LogP contribution is -2.18. The van der Waals surface area contributed by atoms with Crippen molar-refractivity contribution in [3.63, 3.8) is 0 Å². The average Bonchev–Trinajstić information content (AvgIpc) is 2.86. The highest BCUT2D eigenvalue weighted by atomic mass is 16.5. The first-order chi connectivity index (χ1) is 9.74. The minimum atomic E-state index is -0.189. The number of fused-ring (bicyclic) bond motifs is 1. The van der Waals surface area contributed by atoms with Crippen LogP contribution in [0, 0.1) is 0 Å². The van der Waals surface area contributed by atoms with Gasteiger partial charge >= 0.3 is 5.97 Å². The lowest BCUT2D eigenvalue weighted by atomic mass is 10.2. The minimum absolute atomic E-state index is 0.189. The van der Waals surface area contributed by atoms with E-state index in [2.05, 4.69) is 5.32 Å². The maximum absolute atomic E-state index is 11.2. The Hall–Kier alpha value is -2.01. The molecule has 1 heterocycles. The van der Waals surface area contributed by atoms with Crippen LogP contribution in [0.1, 0.15) is 19.1 Å². The molecule has 0 saturated carbocycles. The van der Waals surface area contributed by atoms with Crippen LogP contribution in [0.25, 0.3) is 11.0 Å². The number of ether oxygens (including phenoxy) is 2. The molecule has 5 nitrogen and oxygen atoms in total. The van der Waals surface area contributed by atoms with Gasteiger partial charge < -0.3 is 19.2 Å².